The van der Waals surface area contributed by atoms with Crippen LogP contribution in [0.2, 0.25) is 0 Å². The number of hydrogen-bond acceptors (Lipinski definition) is 3. The van der Waals surface area contributed by atoms with Gasteiger partial charge in [0.25, 0.3) is 0 Å². The summed E-state index contributed by atoms with van der Waals surface area (Å²) in [5.74, 6) is 1.85. The molecule has 1 saturated heterocycles. The van der Waals surface area contributed by atoms with Crippen molar-refractivity contribution in [1.29, 1.82) is 0 Å². The Labute approximate surface area is 70.9 Å². The zero-order valence-electron chi connectivity index (χ0n) is 6.70. The number of rotatable bonds is 1. The molecule has 0 bridgehead atoms. The molecule has 0 aromatic carbocycles. The summed E-state index contributed by atoms with van der Waals surface area (Å²) in [6, 6.07) is -0.880. The molecule has 0 aliphatic carbocycles. The van der Waals surface area contributed by atoms with Gasteiger partial charge in [0.1, 0.15) is 20.1 Å². The molecule has 1 rings (SSSR count). The average Bonchev–Trinajstić information content (AvgIpc) is 2.30. The number of alkyl halides is 1. The van der Waals surface area contributed by atoms with Crippen LogP contribution in [0, 0.1) is 12.3 Å². The minimum atomic E-state index is -2.17. The van der Waals surface area contributed by atoms with Gasteiger partial charge in [-0.3, -0.25) is 0 Å². The predicted molar refractivity (Wildman–Crippen MR) is 43.0 cm³/mol. The molecule has 0 spiro atoms. The maximum absolute atomic E-state index is 13.5. The summed E-state index contributed by atoms with van der Waals surface area (Å²) in [6.45, 7) is -0.432. The monoisotopic (exact) mass is 172 g/mol. The molecule has 3 nitrogen and oxygen atoms in total. The summed E-state index contributed by atoms with van der Waals surface area (Å²) >= 11 is 0. The first-order chi connectivity index (χ1) is 5.56. The highest BCUT2D eigenvalue weighted by atomic mass is 19.1. The van der Waals surface area contributed by atoms with Gasteiger partial charge < -0.3 is 14.9 Å². The molecule has 12 heavy (non-hydrogen) atoms. The van der Waals surface area contributed by atoms with Gasteiger partial charge in [-0.15, -0.1) is 6.42 Å². The summed E-state index contributed by atoms with van der Waals surface area (Å²) in [7, 11) is 1.43. The zero-order chi connectivity index (χ0) is 9.35. The van der Waals surface area contributed by atoms with E-state index >= 15 is 0 Å². The highest BCUT2D eigenvalue weighted by Gasteiger charge is 2.53. The minimum Gasteiger partial charge on any atom is -0.394 e. The van der Waals surface area contributed by atoms with Gasteiger partial charge in [0.05, 0.1) is 12.6 Å². The molecule has 0 aromatic heterocycles. The van der Waals surface area contributed by atoms with Crippen LogP contribution in [0.5, 0.6) is 0 Å². The van der Waals surface area contributed by atoms with Crippen molar-refractivity contribution >= 4 is 7.85 Å². The molecule has 2 N–H and O–H groups in total. The van der Waals surface area contributed by atoms with Crippen molar-refractivity contribution in [2.45, 2.75) is 23.9 Å². The average molecular weight is 172 g/mol. The van der Waals surface area contributed by atoms with Crippen molar-refractivity contribution in [3.05, 3.63) is 0 Å². The Morgan fingerprint density at radius 2 is 2.33 bits per heavy atom. The summed E-state index contributed by atoms with van der Waals surface area (Å²) < 4.78 is 18.5. The fourth-order valence-electron chi connectivity index (χ4n) is 1.29. The zero-order valence-corrected chi connectivity index (χ0v) is 6.70. The van der Waals surface area contributed by atoms with E-state index in [2.05, 4.69) is 0 Å². The number of terminal acetylenes is 1. The van der Waals surface area contributed by atoms with E-state index in [0.717, 1.165) is 0 Å². The first-order valence-corrected chi connectivity index (χ1v) is 3.67. The summed E-state index contributed by atoms with van der Waals surface area (Å²) in [4.78, 5) is 0. The predicted octanol–water partition coefficient (Wildman–Crippen LogP) is -1.96. The van der Waals surface area contributed by atoms with Gasteiger partial charge in [0.15, 0.2) is 0 Å². The van der Waals surface area contributed by atoms with E-state index < -0.39 is 30.5 Å². The van der Waals surface area contributed by atoms with Gasteiger partial charge in [0.2, 0.25) is 5.67 Å². The van der Waals surface area contributed by atoms with Crippen molar-refractivity contribution < 1.29 is 19.3 Å². The van der Waals surface area contributed by atoms with Crippen LogP contribution in [0.3, 0.4) is 0 Å². The van der Waals surface area contributed by atoms with Gasteiger partial charge in [-0.05, 0) is 0 Å². The number of ether oxygens (including phenoxy) is 1. The first-order valence-electron chi connectivity index (χ1n) is 3.67. The van der Waals surface area contributed by atoms with Crippen LogP contribution in [0.4, 0.5) is 4.39 Å². The molecule has 0 aromatic rings. The maximum atomic E-state index is 13.5. The topological polar surface area (TPSA) is 49.7 Å². The Morgan fingerprint density at radius 3 is 2.58 bits per heavy atom. The van der Waals surface area contributed by atoms with E-state index in [1.165, 1.54) is 7.85 Å². The van der Waals surface area contributed by atoms with Crippen molar-refractivity contribution in [3.8, 4) is 12.3 Å². The third-order valence-electron chi connectivity index (χ3n) is 2.15. The molecular formula is C7H10BFO3. The van der Waals surface area contributed by atoms with Crippen molar-refractivity contribution in [2.75, 3.05) is 6.61 Å². The van der Waals surface area contributed by atoms with Crippen molar-refractivity contribution in [3.63, 3.8) is 0 Å². The standard InChI is InChI=1S/C7H10BFO3/c1-2-7(9)5(11)4(3-10)12-6(7)8/h1,4-6,10-11H,3,8H2/t4-,5+,6-,7?/m1/s1. The van der Waals surface area contributed by atoms with Crippen molar-refractivity contribution in [2.24, 2.45) is 0 Å². The Hall–Kier alpha value is -0.565. The lowest BCUT2D eigenvalue weighted by atomic mass is 9.82. The van der Waals surface area contributed by atoms with Crippen LogP contribution >= 0.6 is 0 Å². The van der Waals surface area contributed by atoms with Crippen LogP contribution in [-0.4, -0.2) is 48.5 Å². The molecule has 0 saturated carbocycles. The van der Waals surface area contributed by atoms with E-state index in [0.29, 0.717) is 0 Å². The highest BCUT2D eigenvalue weighted by molar-refractivity contribution is 6.12. The third-order valence-corrected chi connectivity index (χ3v) is 2.15. The maximum Gasteiger partial charge on any atom is 0.216 e. The second kappa shape index (κ2) is 3.06. The first kappa shape index (κ1) is 9.52. The van der Waals surface area contributed by atoms with Gasteiger partial charge in [-0.2, -0.15) is 0 Å². The summed E-state index contributed by atoms with van der Waals surface area (Å²) in [5.41, 5.74) is -2.17. The minimum absolute atomic E-state index is 0.432. The summed E-state index contributed by atoms with van der Waals surface area (Å²) in [5, 5.41) is 17.9. The van der Waals surface area contributed by atoms with Crippen LogP contribution in [0.25, 0.3) is 0 Å². The van der Waals surface area contributed by atoms with Crippen LogP contribution in [-0.2, 0) is 4.74 Å². The lowest BCUT2D eigenvalue weighted by molar-refractivity contribution is -0.00797. The highest BCUT2D eigenvalue weighted by Crippen LogP contribution is 2.32. The molecule has 1 aliphatic heterocycles. The summed E-state index contributed by atoms with van der Waals surface area (Å²) in [6.07, 6.45) is 2.56. The van der Waals surface area contributed by atoms with E-state index in [-0.39, 0.29) is 0 Å². The molecule has 66 valence electrons. The molecule has 1 heterocycles. The third kappa shape index (κ3) is 1.12. The molecule has 0 amide bonds. The van der Waals surface area contributed by atoms with Crippen LogP contribution in [0.15, 0.2) is 0 Å². The van der Waals surface area contributed by atoms with Gasteiger partial charge in [-0.1, -0.05) is 5.92 Å². The number of halogens is 1. The molecule has 4 atom stereocenters. The fraction of sp³-hybridized carbons (Fsp3) is 0.714. The quantitative estimate of drug-likeness (QED) is 0.356. The number of aliphatic hydroxyl groups is 2. The van der Waals surface area contributed by atoms with E-state index in [4.69, 9.17) is 16.3 Å². The Balaban J connectivity index is 2.85. The molecule has 5 heteroatoms. The lowest BCUT2D eigenvalue weighted by Gasteiger charge is -2.19. The smallest absolute Gasteiger partial charge is 0.216 e. The molecule has 1 fully saturated rings. The Bertz CT molecular complexity index is 217. The number of aliphatic hydroxyl groups excluding tert-OH is 2. The molecule has 1 aliphatic rings. The fourth-order valence-corrected chi connectivity index (χ4v) is 1.29. The second-order valence-electron chi connectivity index (χ2n) is 2.86. The Morgan fingerprint density at radius 1 is 1.75 bits per heavy atom. The molecular weight excluding hydrogens is 162 g/mol. The largest absolute Gasteiger partial charge is 0.394 e. The van der Waals surface area contributed by atoms with Gasteiger partial charge in [-0.25, -0.2) is 4.39 Å². The Kier molecular flexibility index (Phi) is 2.42. The van der Waals surface area contributed by atoms with Crippen LogP contribution in [0.1, 0.15) is 0 Å². The molecule has 0 radical (unpaired) electrons. The number of hydrogen-bond donors (Lipinski definition) is 2. The SMILES string of the molecule is B[C@@H]1O[C@H](CO)[C@H](O)C1(F)C#C. The van der Waals surface area contributed by atoms with Crippen LogP contribution < -0.4 is 0 Å². The van der Waals surface area contributed by atoms with Crippen molar-refractivity contribution in [1.82, 2.24) is 0 Å². The van der Waals surface area contributed by atoms with E-state index in [1.807, 2.05) is 5.92 Å². The van der Waals surface area contributed by atoms with Gasteiger partial charge in [0, 0.05) is 0 Å². The molecule has 1 unspecified atom stereocenters. The van der Waals surface area contributed by atoms with E-state index in [9.17, 15) is 9.50 Å². The second-order valence-corrected chi connectivity index (χ2v) is 2.86. The van der Waals surface area contributed by atoms with Gasteiger partial charge >= 0.3 is 0 Å². The lowest BCUT2D eigenvalue weighted by Crippen LogP contribution is -2.43. The van der Waals surface area contributed by atoms with E-state index in [1.54, 1.807) is 0 Å². The normalized spacial score (nSPS) is 47.3.